The van der Waals surface area contributed by atoms with E-state index >= 15 is 0 Å². The van der Waals surface area contributed by atoms with Crippen molar-refractivity contribution in [3.8, 4) is 5.75 Å². The second kappa shape index (κ2) is 5.13. The molecule has 98 valence electrons. The van der Waals surface area contributed by atoms with E-state index in [0.29, 0.717) is 11.4 Å². The summed E-state index contributed by atoms with van der Waals surface area (Å²) in [6.45, 7) is 0. The Labute approximate surface area is 116 Å². The summed E-state index contributed by atoms with van der Waals surface area (Å²) in [6, 6.07) is 13.1. The van der Waals surface area contributed by atoms with Crippen molar-refractivity contribution < 1.29 is 9.13 Å². The molecule has 0 saturated heterocycles. The molecule has 1 unspecified atom stereocenters. The van der Waals surface area contributed by atoms with Crippen LogP contribution in [0.1, 0.15) is 11.6 Å². The van der Waals surface area contributed by atoms with E-state index in [1.165, 1.54) is 16.5 Å². The summed E-state index contributed by atoms with van der Waals surface area (Å²) in [4.78, 5) is 1.27. The van der Waals surface area contributed by atoms with Gasteiger partial charge in [-0.15, -0.1) is 11.8 Å². The summed E-state index contributed by atoms with van der Waals surface area (Å²) >= 11 is 1.79. The lowest BCUT2D eigenvalue weighted by Gasteiger charge is -2.16. The lowest BCUT2D eigenvalue weighted by molar-refractivity contribution is 0.414. The normalized spacial score (nSPS) is 17.1. The van der Waals surface area contributed by atoms with Gasteiger partial charge in [-0.1, -0.05) is 18.2 Å². The maximum absolute atomic E-state index is 13.8. The van der Waals surface area contributed by atoms with Gasteiger partial charge in [-0.05, 0) is 23.8 Å². The van der Waals surface area contributed by atoms with Gasteiger partial charge >= 0.3 is 0 Å². The monoisotopic (exact) mass is 275 g/mol. The zero-order valence-corrected chi connectivity index (χ0v) is 11.3. The lowest BCUT2D eigenvalue weighted by atomic mass is 10.1. The number of fused-ring (bicyclic) bond motifs is 1. The number of ether oxygens (including phenoxy) is 1. The van der Waals surface area contributed by atoms with Gasteiger partial charge in [0.2, 0.25) is 0 Å². The first kappa shape index (κ1) is 12.4. The predicted octanol–water partition coefficient (Wildman–Crippen LogP) is 4.09. The van der Waals surface area contributed by atoms with Crippen molar-refractivity contribution in [2.45, 2.75) is 10.9 Å². The van der Waals surface area contributed by atoms with Crippen molar-refractivity contribution in [1.82, 2.24) is 0 Å². The highest BCUT2D eigenvalue weighted by molar-refractivity contribution is 7.99. The summed E-state index contributed by atoms with van der Waals surface area (Å²) in [6.07, 6.45) is 0. The van der Waals surface area contributed by atoms with Crippen LogP contribution >= 0.6 is 11.8 Å². The first-order valence-corrected chi connectivity index (χ1v) is 7.08. The number of methoxy groups -OCH3 is 1. The lowest BCUT2D eigenvalue weighted by Crippen LogP contribution is -2.11. The van der Waals surface area contributed by atoms with Crippen molar-refractivity contribution in [2.75, 3.05) is 18.2 Å². The van der Waals surface area contributed by atoms with E-state index in [-0.39, 0.29) is 11.9 Å². The highest BCUT2D eigenvalue weighted by Gasteiger charge is 2.23. The first-order chi connectivity index (χ1) is 9.28. The predicted molar refractivity (Wildman–Crippen MR) is 76.5 cm³/mol. The van der Waals surface area contributed by atoms with Crippen LogP contribution in [0.3, 0.4) is 0 Å². The van der Waals surface area contributed by atoms with Gasteiger partial charge in [-0.25, -0.2) is 4.39 Å². The zero-order chi connectivity index (χ0) is 13.2. The van der Waals surface area contributed by atoms with Crippen LogP contribution in [0.2, 0.25) is 0 Å². The fourth-order valence-electron chi connectivity index (χ4n) is 2.21. The van der Waals surface area contributed by atoms with Gasteiger partial charge in [0.05, 0.1) is 18.8 Å². The highest BCUT2D eigenvalue weighted by Crippen LogP contribution is 2.40. The van der Waals surface area contributed by atoms with Gasteiger partial charge < -0.3 is 10.1 Å². The smallest absolute Gasteiger partial charge is 0.146 e. The molecule has 1 N–H and O–H groups in total. The largest absolute Gasteiger partial charge is 0.497 e. The number of nitrogens with one attached hydrogen (secondary N) is 1. The molecule has 2 aromatic carbocycles. The number of rotatable bonds is 3. The Morgan fingerprint density at radius 3 is 2.95 bits per heavy atom. The molecule has 0 aliphatic carbocycles. The quantitative estimate of drug-likeness (QED) is 0.911. The Morgan fingerprint density at radius 2 is 2.11 bits per heavy atom. The minimum absolute atomic E-state index is 0.141. The average Bonchev–Trinajstić information content (AvgIpc) is 2.85. The molecule has 1 aliphatic heterocycles. The van der Waals surface area contributed by atoms with Gasteiger partial charge in [-0.3, -0.25) is 0 Å². The zero-order valence-electron chi connectivity index (χ0n) is 10.5. The minimum Gasteiger partial charge on any atom is -0.497 e. The molecule has 0 aromatic heterocycles. The van der Waals surface area contributed by atoms with E-state index in [2.05, 4.69) is 17.4 Å². The molecule has 0 fully saturated rings. The second-order valence-electron chi connectivity index (χ2n) is 4.39. The van der Waals surface area contributed by atoms with Crippen molar-refractivity contribution >= 4 is 17.4 Å². The number of hydrogen-bond donors (Lipinski definition) is 1. The number of halogens is 1. The number of anilines is 1. The first-order valence-electron chi connectivity index (χ1n) is 6.10. The molecule has 1 atom stereocenters. The molecule has 1 heterocycles. The Balaban J connectivity index is 1.87. The van der Waals surface area contributed by atoms with Gasteiger partial charge in [-0.2, -0.15) is 0 Å². The molecule has 0 amide bonds. The maximum atomic E-state index is 13.8. The molecule has 0 spiro atoms. The van der Waals surface area contributed by atoms with Crippen LogP contribution in [0.15, 0.2) is 47.4 Å². The fraction of sp³-hybridized carbons (Fsp3) is 0.200. The van der Waals surface area contributed by atoms with E-state index in [4.69, 9.17) is 4.74 Å². The van der Waals surface area contributed by atoms with Crippen LogP contribution in [0.4, 0.5) is 10.1 Å². The summed E-state index contributed by atoms with van der Waals surface area (Å²) in [5, 5.41) is 3.26. The molecule has 0 saturated carbocycles. The average molecular weight is 275 g/mol. The third-order valence-electron chi connectivity index (χ3n) is 3.20. The van der Waals surface area contributed by atoms with Crippen LogP contribution in [-0.2, 0) is 0 Å². The number of thioether (sulfide) groups is 1. The van der Waals surface area contributed by atoms with E-state index in [9.17, 15) is 4.39 Å². The maximum Gasteiger partial charge on any atom is 0.146 e. The molecular formula is C15H14FNOS. The van der Waals surface area contributed by atoms with Gasteiger partial charge in [0.1, 0.15) is 11.6 Å². The third-order valence-corrected chi connectivity index (χ3v) is 4.39. The molecule has 2 nitrogen and oxygen atoms in total. The van der Waals surface area contributed by atoms with E-state index in [1.807, 2.05) is 12.1 Å². The van der Waals surface area contributed by atoms with Crippen LogP contribution in [-0.4, -0.2) is 12.9 Å². The van der Waals surface area contributed by atoms with Gasteiger partial charge in [0.25, 0.3) is 0 Å². The van der Waals surface area contributed by atoms with Crippen LogP contribution in [0.25, 0.3) is 0 Å². The second-order valence-corrected chi connectivity index (χ2v) is 5.45. The third kappa shape index (κ3) is 2.40. The van der Waals surface area contributed by atoms with Crippen LogP contribution in [0.5, 0.6) is 5.75 Å². The fourth-order valence-corrected chi connectivity index (χ4v) is 3.37. The molecule has 0 radical (unpaired) electrons. The summed E-state index contributed by atoms with van der Waals surface area (Å²) in [5.41, 5.74) is 1.72. The molecule has 1 aliphatic rings. The topological polar surface area (TPSA) is 21.3 Å². The van der Waals surface area contributed by atoms with Gasteiger partial charge in [0.15, 0.2) is 0 Å². The van der Waals surface area contributed by atoms with Crippen molar-refractivity contribution in [1.29, 1.82) is 0 Å². The molecule has 4 heteroatoms. The Morgan fingerprint density at radius 1 is 1.26 bits per heavy atom. The molecule has 2 aromatic rings. The summed E-state index contributed by atoms with van der Waals surface area (Å²) < 4.78 is 18.9. The highest BCUT2D eigenvalue weighted by atomic mass is 32.2. The van der Waals surface area contributed by atoms with Crippen molar-refractivity contribution in [3.05, 3.63) is 53.8 Å². The van der Waals surface area contributed by atoms with E-state index in [0.717, 1.165) is 5.75 Å². The van der Waals surface area contributed by atoms with Crippen LogP contribution < -0.4 is 10.1 Å². The van der Waals surface area contributed by atoms with Crippen LogP contribution in [0, 0.1) is 5.82 Å². The van der Waals surface area contributed by atoms with Gasteiger partial charge in [0, 0.05) is 16.7 Å². The van der Waals surface area contributed by atoms with Crippen molar-refractivity contribution in [3.63, 3.8) is 0 Å². The number of hydrogen-bond acceptors (Lipinski definition) is 3. The minimum atomic E-state index is -0.254. The Kier molecular flexibility index (Phi) is 3.34. The van der Waals surface area contributed by atoms with E-state index in [1.54, 1.807) is 31.0 Å². The Bertz CT molecular complexity index is 602. The Hall–Kier alpha value is -1.68. The number of benzene rings is 2. The standard InChI is InChI=1S/C15H14FNOS/c1-18-10-6-7-12(16)13(8-10)17-14-9-19-15-5-3-2-4-11(14)15/h2-8,14,17H,9H2,1H3. The van der Waals surface area contributed by atoms with E-state index < -0.39 is 0 Å². The molecular weight excluding hydrogens is 261 g/mol. The SMILES string of the molecule is COc1ccc(F)c(NC2CSc3ccccc32)c1. The molecule has 19 heavy (non-hydrogen) atoms. The summed E-state index contributed by atoms with van der Waals surface area (Å²) in [5.74, 6) is 1.31. The summed E-state index contributed by atoms with van der Waals surface area (Å²) in [7, 11) is 1.58. The van der Waals surface area contributed by atoms with Crippen molar-refractivity contribution in [2.24, 2.45) is 0 Å². The molecule has 3 rings (SSSR count). The molecule has 0 bridgehead atoms.